The van der Waals surface area contributed by atoms with Crippen molar-refractivity contribution in [1.29, 1.82) is 0 Å². The van der Waals surface area contributed by atoms with Crippen LogP contribution in [0.4, 0.5) is 10.1 Å². The maximum atomic E-state index is 13.6. The van der Waals surface area contributed by atoms with Crippen LogP contribution in [0.1, 0.15) is 29.3 Å². The Morgan fingerprint density at radius 3 is 2.57 bits per heavy atom. The van der Waals surface area contributed by atoms with Gasteiger partial charge in [-0.25, -0.2) is 4.39 Å². The van der Waals surface area contributed by atoms with E-state index in [0.29, 0.717) is 18.6 Å². The molecule has 1 aliphatic heterocycles. The second kappa shape index (κ2) is 9.66. The van der Waals surface area contributed by atoms with Gasteiger partial charge in [-0.05, 0) is 29.8 Å². The highest BCUT2D eigenvalue weighted by atomic mass is 19.1. The monoisotopic (exact) mass is 386 g/mol. The van der Waals surface area contributed by atoms with Crippen molar-refractivity contribution in [2.75, 3.05) is 44.2 Å². The van der Waals surface area contributed by atoms with Crippen molar-refractivity contribution in [1.82, 2.24) is 4.90 Å². The molecule has 28 heavy (non-hydrogen) atoms. The lowest BCUT2D eigenvalue weighted by atomic mass is 10.0. The smallest absolute Gasteiger partial charge is 0.165 e. The van der Waals surface area contributed by atoms with Crippen LogP contribution in [0.3, 0.4) is 0 Å². The maximum Gasteiger partial charge on any atom is 0.165 e. The van der Waals surface area contributed by atoms with Crippen LogP contribution < -0.4 is 9.64 Å². The lowest BCUT2D eigenvalue weighted by Crippen LogP contribution is -2.47. The Hall–Kier alpha value is -2.44. The molecule has 150 valence electrons. The highest BCUT2D eigenvalue weighted by Crippen LogP contribution is 2.25. The molecule has 1 fully saturated rings. The number of carbonyl (C=O) groups is 1. The second-order valence-corrected chi connectivity index (χ2v) is 6.89. The molecule has 3 rings (SSSR count). The van der Waals surface area contributed by atoms with Crippen LogP contribution >= 0.6 is 0 Å². The van der Waals surface area contributed by atoms with Crippen molar-refractivity contribution in [3.63, 3.8) is 0 Å². The van der Waals surface area contributed by atoms with Crippen molar-refractivity contribution >= 4 is 11.5 Å². The van der Waals surface area contributed by atoms with Gasteiger partial charge in [-0.15, -0.1) is 0 Å². The van der Waals surface area contributed by atoms with Gasteiger partial charge in [0.25, 0.3) is 0 Å². The molecular formula is C22H27FN2O3. The summed E-state index contributed by atoms with van der Waals surface area (Å²) in [6.45, 7) is 6.26. The molecule has 0 unspecified atom stereocenters. The zero-order valence-electron chi connectivity index (χ0n) is 16.2. The molecule has 1 heterocycles. The first-order chi connectivity index (χ1) is 13.6. The predicted octanol–water partition coefficient (Wildman–Crippen LogP) is 3.11. The summed E-state index contributed by atoms with van der Waals surface area (Å²) in [4.78, 5) is 16.8. The number of hydrogen-bond acceptors (Lipinski definition) is 5. The summed E-state index contributed by atoms with van der Waals surface area (Å²) in [5.74, 6) is 0.0330. The molecule has 0 aromatic heterocycles. The fraction of sp³-hybridized carbons (Fsp3) is 0.409. The van der Waals surface area contributed by atoms with Crippen LogP contribution in [0.2, 0.25) is 0 Å². The highest BCUT2D eigenvalue weighted by molar-refractivity contribution is 6.01. The molecule has 2 aromatic carbocycles. The SMILES string of the molecule is CCC(=O)c1cc(CO)ccc1N1CCN(CCOc2ccccc2F)CC1. The number of ketones is 1. The number of aliphatic hydroxyl groups is 1. The predicted molar refractivity (Wildman–Crippen MR) is 108 cm³/mol. The highest BCUT2D eigenvalue weighted by Gasteiger charge is 2.21. The van der Waals surface area contributed by atoms with E-state index in [1.165, 1.54) is 6.07 Å². The van der Waals surface area contributed by atoms with E-state index in [1.54, 1.807) is 24.3 Å². The number of benzene rings is 2. The number of rotatable bonds is 8. The third-order valence-electron chi connectivity index (χ3n) is 5.08. The number of nitrogens with zero attached hydrogens (tertiary/aromatic N) is 2. The Balaban J connectivity index is 1.55. The molecule has 1 saturated heterocycles. The van der Waals surface area contributed by atoms with Gasteiger partial charge in [0.15, 0.2) is 17.3 Å². The van der Waals surface area contributed by atoms with Crippen molar-refractivity contribution in [2.45, 2.75) is 20.0 Å². The topological polar surface area (TPSA) is 53.0 Å². The molecule has 6 heteroatoms. The van der Waals surface area contributed by atoms with Gasteiger partial charge in [-0.1, -0.05) is 25.1 Å². The van der Waals surface area contributed by atoms with Crippen molar-refractivity contribution in [3.8, 4) is 5.75 Å². The summed E-state index contributed by atoms with van der Waals surface area (Å²) in [6, 6.07) is 12.0. The summed E-state index contributed by atoms with van der Waals surface area (Å²) in [7, 11) is 0. The molecule has 0 bridgehead atoms. The van der Waals surface area contributed by atoms with Crippen LogP contribution in [-0.2, 0) is 6.61 Å². The van der Waals surface area contributed by atoms with Crippen LogP contribution in [0.15, 0.2) is 42.5 Å². The van der Waals surface area contributed by atoms with E-state index in [2.05, 4.69) is 9.80 Å². The molecule has 0 saturated carbocycles. The minimum Gasteiger partial charge on any atom is -0.489 e. The summed E-state index contributed by atoms with van der Waals surface area (Å²) in [5, 5.41) is 9.37. The summed E-state index contributed by atoms with van der Waals surface area (Å²) >= 11 is 0. The molecular weight excluding hydrogens is 359 g/mol. The van der Waals surface area contributed by atoms with E-state index < -0.39 is 0 Å². The Bertz CT molecular complexity index is 804. The number of anilines is 1. The second-order valence-electron chi connectivity index (χ2n) is 6.89. The molecule has 0 amide bonds. The van der Waals surface area contributed by atoms with Gasteiger partial charge in [0, 0.05) is 50.4 Å². The maximum absolute atomic E-state index is 13.6. The van der Waals surface area contributed by atoms with Crippen LogP contribution in [0.5, 0.6) is 5.75 Å². The number of ether oxygens (including phenoxy) is 1. The van der Waals surface area contributed by atoms with E-state index in [1.807, 2.05) is 19.1 Å². The average molecular weight is 386 g/mol. The fourth-order valence-corrected chi connectivity index (χ4v) is 3.43. The quantitative estimate of drug-likeness (QED) is 0.707. The number of hydrogen-bond donors (Lipinski definition) is 1. The summed E-state index contributed by atoms with van der Waals surface area (Å²) in [6.07, 6.45) is 0.440. The first-order valence-corrected chi connectivity index (χ1v) is 9.74. The minimum atomic E-state index is -0.341. The summed E-state index contributed by atoms with van der Waals surface area (Å²) < 4.78 is 19.1. The Morgan fingerprint density at radius 2 is 1.89 bits per heavy atom. The molecule has 0 spiro atoms. The van der Waals surface area contributed by atoms with Gasteiger partial charge in [0.1, 0.15) is 6.61 Å². The number of carbonyl (C=O) groups excluding carboxylic acids is 1. The van der Waals surface area contributed by atoms with E-state index in [0.717, 1.165) is 44.0 Å². The minimum absolute atomic E-state index is 0.0694. The molecule has 1 N–H and O–H groups in total. The Morgan fingerprint density at radius 1 is 1.14 bits per heavy atom. The number of piperazine rings is 1. The number of Topliss-reactive ketones (excluding diaryl/α,β-unsaturated/α-hetero) is 1. The Kier molecular flexibility index (Phi) is 7.01. The number of halogens is 1. The molecule has 0 atom stereocenters. The number of aliphatic hydroxyl groups excluding tert-OH is 1. The lowest BCUT2D eigenvalue weighted by molar-refractivity contribution is 0.0988. The Labute approximate surface area is 165 Å². The molecule has 1 aliphatic rings. The van der Waals surface area contributed by atoms with Gasteiger partial charge in [-0.2, -0.15) is 0 Å². The normalized spacial score (nSPS) is 14.9. The average Bonchev–Trinajstić information content (AvgIpc) is 2.74. The molecule has 0 radical (unpaired) electrons. The number of para-hydroxylation sites is 1. The first kappa shape index (κ1) is 20.3. The van der Waals surface area contributed by atoms with Crippen molar-refractivity contribution in [3.05, 3.63) is 59.4 Å². The molecule has 5 nitrogen and oxygen atoms in total. The van der Waals surface area contributed by atoms with Gasteiger partial charge in [-0.3, -0.25) is 9.69 Å². The van der Waals surface area contributed by atoms with E-state index in [9.17, 15) is 14.3 Å². The van der Waals surface area contributed by atoms with Gasteiger partial charge < -0.3 is 14.7 Å². The van der Waals surface area contributed by atoms with Gasteiger partial charge in [0.05, 0.1) is 6.61 Å². The third kappa shape index (κ3) is 4.88. The van der Waals surface area contributed by atoms with Gasteiger partial charge in [0.2, 0.25) is 0 Å². The lowest BCUT2D eigenvalue weighted by Gasteiger charge is -2.36. The largest absolute Gasteiger partial charge is 0.489 e. The van der Waals surface area contributed by atoms with Crippen molar-refractivity contribution in [2.24, 2.45) is 0 Å². The summed E-state index contributed by atoms with van der Waals surface area (Å²) in [5.41, 5.74) is 2.38. The standard InChI is InChI=1S/C22H27FN2O3/c1-2-21(27)18-15-17(16-26)7-8-20(18)25-11-9-24(10-12-25)13-14-28-22-6-4-3-5-19(22)23/h3-8,15,26H,2,9-14,16H2,1H3. The third-order valence-corrected chi connectivity index (χ3v) is 5.08. The van der Waals surface area contributed by atoms with Crippen LogP contribution in [-0.4, -0.2) is 55.1 Å². The fourth-order valence-electron chi connectivity index (χ4n) is 3.43. The van der Waals surface area contributed by atoms with E-state index in [4.69, 9.17) is 4.74 Å². The van der Waals surface area contributed by atoms with Crippen LogP contribution in [0, 0.1) is 5.82 Å². The van der Waals surface area contributed by atoms with Crippen molar-refractivity contribution < 1.29 is 19.0 Å². The van der Waals surface area contributed by atoms with E-state index >= 15 is 0 Å². The molecule has 0 aliphatic carbocycles. The van der Waals surface area contributed by atoms with Crippen LogP contribution in [0.25, 0.3) is 0 Å². The molecule has 2 aromatic rings. The van der Waals surface area contributed by atoms with E-state index in [-0.39, 0.29) is 24.0 Å². The zero-order chi connectivity index (χ0) is 19.9. The first-order valence-electron chi connectivity index (χ1n) is 9.74. The van der Waals surface area contributed by atoms with Gasteiger partial charge >= 0.3 is 0 Å². The zero-order valence-corrected chi connectivity index (χ0v) is 16.2.